The molecule has 0 saturated heterocycles. The van der Waals surface area contributed by atoms with Gasteiger partial charge in [0.15, 0.2) is 12.6 Å². The number of carbonyl (C=O) groups excluding carboxylic acids is 2. The molecule has 0 bridgehead atoms. The van der Waals surface area contributed by atoms with Gasteiger partial charge in [-0.2, -0.15) is 0 Å². The first-order valence-corrected chi connectivity index (χ1v) is 3.88. The van der Waals surface area contributed by atoms with Crippen molar-refractivity contribution in [1.29, 1.82) is 0 Å². The van der Waals surface area contributed by atoms with E-state index in [2.05, 4.69) is 4.98 Å². The molecule has 3 nitrogen and oxygen atoms in total. The number of hydrogen-bond acceptors (Lipinski definition) is 2. The summed E-state index contributed by atoms with van der Waals surface area (Å²) < 4.78 is 0. The number of fused-ring (bicyclic) bond motifs is 1. The van der Waals surface area contributed by atoms with E-state index in [1.165, 1.54) is 0 Å². The molecule has 0 aliphatic rings. The summed E-state index contributed by atoms with van der Waals surface area (Å²) in [5.41, 5.74) is 1.59. The fraction of sp³-hybridized carbons (Fsp3) is 0. The fourth-order valence-electron chi connectivity index (χ4n) is 1.40. The minimum atomic E-state index is 0.344. The standard InChI is InChI=1S/C10H7NO2/c12-5-8-7-3-1-2-4-9(7)11-10(8)6-13/h1-6,11H. The Morgan fingerprint density at radius 1 is 1.08 bits per heavy atom. The van der Waals surface area contributed by atoms with E-state index in [4.69, 9.17) is 0 Å². The Morgan fingerprint density at radius 2 is 1.85 bits per heavy atom. The highest BCUT2D eigenvalue weighted by atomic mass is 16.1. The third kappa shape index (κ3) is 1.05. The Balaban J connectivity index is 2.88. The Bertz CT molecular complexity index is 471. The molecule has 2 aromatic rings. The van der Waals surface area contributed by atoms with E-state index in [1.807, 2.05) is 24.3 Å². The predicted molar refractivity (Wildman–Crippen MR) is 49.1 cm³/mol. The number of aromatic nitrogens is 1. The first kappa shape index (κ1) is 7.73. The van der Waals surface area contributed by atoms with E-state index < -0.39 is 0 Å². The molecule has 1 heterocycles. The minimum absolute atomic E-state index is 0.344. The average molecular weight is 173 g/mol. The minimum Gasteiger partial charge on any atom is -0.352 e. The van der Waals surface area contributed by atoms with Gasteiger partial charge in [0.05, 0.1) is 11.3 Å². The highest BCUT2D eigenvalue weighted by molar-refractivity contribution is 6.04. The van der Waals surface area contributed by atoms with Gasteiger partial charge in [-0.05, 0) is 6.07 Å². The molecule has 0 saturated carbocycles. The van der Waals surface area contributed by atoms with Gasteiger partial charge in [0, 0.05) is 10.9 Å². The van der Waals surface area contributed by atoms with E-state index >= 15 is 0 Å². The van der Waals surface area contributed by atoms with Gasteiger partial charge in [0.2, 0.25) is 0 Å². The third-order valence-electron chi connectivity index (χ3n) is 2.01. The van der Waals surface area contributed by atoms with Crippen LogP contribution in [0.2, 0.25) is 0 Å². The van der Waals surface area contributed by atoms with Crippen molar-refractivity contribution >= 4 is 23.5 Å². The molecule has 0 aliphatic heterocycles. The molecule has 0 unspecified atom stereocenters. The zero-order valence-corrected chi connectivity index (χ0v) is 6.78. The number of aldehydes is 2. The number of para-hydroxylation sites is 1. The molecule has 0 aliphatic carbocycles. The van der Waals surface area contributed by atoms with Gasteiger partial charge in [-0.15, -0.1) is 0 Å². The van der Waals surface area contributed by atoms with Crippen molar-refractivity contribution in [2.75, 3.05) is 0 Å². The number of rotatable bonds is 2. The lowest BCUT2D eigenvalue weighted by atomic mass is 10.1. The number of hydrogen-bond donors (Lipinski definition) is 1. The Hall–Kier alpha value is -1.90. The van der Waals surface area contributed by atoms with Crippen molar-refractivity contribution in [1.82, 2.24) is 4.98 Å². The molecule has 64 valence electrons. The van der Waals surface area contributed by atoms with Crippen molar-refractivity contribution in [3.63, 3.8) is 0 Å². The molecular formula is C10H7NO2. The highest BCUT2D eigenvalue weighted by Crippen LogP contribution is 2.19. The van der Waals surface area contributed by atoms with Crippen molar-refractivity contribution in [2.45, 2.75) is 0 Å². The normalized spacial score (nSPS) is 10.2. The zero-order chi connectivity index (χ0) is 9.26. The second-order valence-corrected chi connectivity index (χ2v) is 2.73. The summed E-state index contributed by atoms with van der Waals surface area (Å²) in [6.45, 7) is 0. The number of nitrogens with one attached hydrogen (secondary N) is 1. The summed E-state index contributed by atoms with van der Waals surface area (Å²) >= 11 is 0. The molecule has 0 fully saturated rings. The molecule has 2 rings (SSSR count). The van der Waals surface area contributed by atoms with Crippen LogP contribution in [0.15, 0.2) is 24.3 Å². The molecule has 13 heavy (non-hydrogen) atoms. The zero-order valence-electron chi connectivity index (χ0n) is 6.78. The second kappa shape index (κ2) is 2.86. The fourth-order valence-corrected chi connectivity index (χ4v) is 1.40. The maximum absolute atomic E-state index is 10.7. The molecule has 0 radical (unpaired) electrons. The molecule has 0 amide bonds. The van der Waals surface area contributed by atoms with Crippen molar-refractivity contribution in [3.05, 3.63) is 35.5 Å². The van der Waals surface area contributed by atoms with Gasteiger partial charge in [0.25, 0.3) is 0 Å². The SMILES string of the molecule is O=Cc1[nH]c2ccccc2c1C=O. The van der Waals surface area contributed by atoms with Crippen LogP contribution in [0.25, 0.3) is 10.9 Å². The average Bonchev–Trinajstić information content (AvgIpc) is 2.55. The number of aromatic amines is 1. The van der Waals surface area contributed by atoms with Crippen LogP contribution in [-0.2, 0) is 0 Å². The van der Waals surface area contributed by atoms with Crippen molar-refractivity contribution in [2.24, 2.45) is 0 Å². The van der Waals surface area contributed by atoms with E-state index in [-0.39, 0.29) is 0 Å². The third-order valence-corrected chi connectivity index (χ3v) is 2.01. The van der Waals surface area contributed by atoms with E-state index in [9.17, 15) is 9.59 Å². The molecule has 0 spiro atoms. The lowest BCUT2D eigenvalue weighted by molar-refractivity contribution is 0.109. The van der Waals surface area contributed by atoms with Gasteiger partial charge in [-0.1, -0.05) is 18.2 Å². The lowest BCUT2D eigenvalue weighted by Gasteiger charge is -1.86. The summed E-state index contributed by atoms with van der Waals surface area (Å²) in [7, 11) is 0. The van der Waals surface area contributed by atoms with Crippen molar-refractivity contribution < 1.29 is 9.59 Å². The smallest absolute Gasteiger partial charge is 0.167 e. The summed E-state index contributed by atoms with van der Waals surface area (Å²) in [6.07, 6.45) is 1.35. The van der Waals surface area contributed by atoms with Crippen LogP contribution in [0, 0.1) is 0 Å². The first-order chi connectivity index (χ1) is 6.36. The lowest BCUT2D eigenvalue weighted by Crippen LogP contribution is -1.85. The van der Waals surface area contributed by atoms with E-state index in [0.717, 1.165) is 10.9 Å². The summed E-state index contributed by atoms with van der Waals surface area (Å²) in [6, 6.07) is 7.32. The van der Waals surface area contributed by atoms with Crippen LogP contribution >= 0.6 is 0 Å². The Labute approximate surface area is 74.4 Å². The maximum atomic E-state index is 10.7. The van der Waals surface area contributed by atoms with E-state index in [0.29, 0.717) is 23.8 Å². The van der Waals surface area contributed by atoms with Crippen LogP contribution in [-0.4, -0.2) is 17.6 Å². The van der Waals surface area contributed by atoms with Crippen LogP contribution in [0.5, 0.6) is 0 Å². The topological polar surface area (TPSA) is 49.9 Å². The van der Waals surface area contributed by atoms with Gasteiger partial charge >= 0.3 is 0 Å². The number of H-pyrrole nitrogens is 1. The molecule has 3 heteroatoms. The largest absolute Gasteiger partial charge is 0.352 e. The first-order valence-electron chi connectivity index (χ1n) is 3.88. The second-order valence-electron chi connectivity index (χ2n) is 2.73. The van der Waals surface area contributed by atoms with Gasteiger partial charge < -0.3 is 4.98 Å². The molecule has 1 aromatic heterocycles. The molecular weight excluding hydrogens is 166 g/mol. The quantitative estimate of drug-likeness (QED) is 0.704. The Kier molecular flexibility index (Phi) is 1.70. The summed E-state index contributed by atoms with van der Waals surface area (Å²) in [5.74, 6) is 0. The van der Waals surface area contributed by atoms with Crippen LogP contribution in [0.3, 0.4) is 0 Å². The predicted octanol–water partition coefficient (Wildman–Crippen LogP) is 1.79. The molecule has 0 atom stereocenters. The van der Waals surface area contributed by atoms with E-state index in [1.54, 1.807) is 0 Å². The van der Waals surface area contributed by atoms with Crippen LogP contribution < -0.4 is 0 Å². The molecule has 1 N–H and O–H groups in total. The van der Waals surface area contributed by atoms with Crippen molar-refractivity contribution in [3.8, 4) is 0 Å². The van der Waals surface area contributed by atoms with Gasteiger partial charge in [-0.3, -0.25) is 9.59 Å². The van der Waals surface area contributed by atoms with Gasteiger partial charge in [-0.25, -0.2) is 0 Å². The summed E-state index contributed by atoms with van der Waals surface area (Å²) in [4.78, 5) is 24.1. The van der Waals surface area contributed by atoms with Crippen LogP contribution in [0.1, 0.15) is 20.8 Å². The van der Waals surface area contributed by atoms with Gasteiger partial charge in [0.1, 0.15) is 0 Å². The number of carbonyl (C=O) groups is 2. The molecule has 1 aromatic carbocycles. The van der Waals surface area contributed by atoms with Crippen LogP contribution in [0.4, 0.5) is 0 Å². The Morgan fingerprint density at radius 3 is 2.54 bits per heavy atom. The number of benzene rings is 1. The maximum Gasteiger partial charge on any atom is 0.167 e. The highest BCUT2D eigenvalue weighted by Gasteiger charge is 2.08. The summed E-state index contributed by atoms with van der Waals surface area (Å²) in [5, 5.41) is 0.791. The monoisotopic (exact) mass is 173 g/mol.